The minimum atomic E-state index is -3.83. The topological polar surface area (TPSA) is 110 Å². The van der Waals surface area contributed by atoms with Crippen LogP contribution in [0.4, 0.5) is 5.13 Å². The Hall–Kier alpha value is -2.04. The standard InChI is InChI=1S/C15H20N4O4S2/c1-4-13(20)16-14-17-18-15(24-14)25(21,22)19-11(3)9-23-12-8-6-5-7-10(12)2/h5-8,11,19H,4,9H2,1-3H3,(H,16,17,20)/t11-/m1/s1. The number of carbonyl (C=O) groups is 1. The lowest BCUT2D eigenvalue weighted by Gasteiger charge is -2.15. The fourth-order valence-corrected chi connectivity index (χ4v) is 4.02. The van der Waals surface area contributed by atoms with Crippen LogP contribution in [-0.2, 0) is 14.8 Å². The van der Waals surface area contributed by atoms with Crippen LogP contribution in [0.2, 0.25) is 0 Å². The third-order valence-corrected chi connectivity index (χ3v) is 5.94. The number of hydrogen-bond acceptors (Lipinski definition) is 7. The van der Waals surface area contributed by atoms with Gasteiger partial charge in [-0.15, -0.1) is 10.2 Å². The van der Waals surface area contributed by atoms with Gasteiger partial charge in [-0.2, -0.15) is 0 Å². The predicted molar refractivity (Wildman–Crippen MR) is 95.3 cm³/mol. The number of benzene rings is 1. The Kier molecular flexibility index (Phi) is 6.45. The zero-order chi connectivity index (χ0) is 18.4. The van der Waals surface area contributed by atoms with Gasteiger partial charge in [-0.1, -0.05) is 36.5 Å². The van der Waals surface area contributed by atoms with Crippen molar-refractivity contribution in [1.29, 1.82) is 0 Å². The first-order valence-electron chi connectivity index (χ1n) is 7.66. The highest BCUT2D eigenvalue weighted by Crippen LogP contribution is 2.20. The second kappa shape index (κ2) is 8.37. The van der Waals surface area contributed by atoms with E-state index in [1.54, 1.807) is 13.8 Å². The Morgan fingerprint density at radius 2 is 2.04 bits per heavy atom. The molecule has 8 nitrogen and oxygen atoms in total. The summed E-state index contributed by atoms with van der Waals surface area (Å²) < 4.78 is 32.6. The molecular formula is C15H20N4O4S2. The monoisotopic (exact) mass is 384 g/mol. The van der Waals surface area contributed by atoms with E-state index in [2.05, 4.69) is 20.2 Å². The first kappa shape index (κ1) is 19.3. The Labute approximate surface area is 150 Å². The van der Waals surface area contributed by atoms with Gasteiger partial charge in [-0.25, -0.2) is 13.1 Å². The third-order valence-electron chi connectivity index (χ3n) is 3.14. The van der Waals surface area contributed by atoms with Gasteiger partial charge in [-0.05, 0) is 25.5 Å². The molecule has 1 atom stereocenters. The molecule has 2 rings (SSSR count). The van der Waals surface area contributed by atoms with E-state index in [0.29, 0.717) is 5.75 Å². The van der Waals surface area contributed by atoms with E-state index in [-0.39, 0.29) is 28.4 Å². The van der Waals surface area contributed by atoms with Gasteiger partial charge in [0.2, 0.25) is 15.4 Å². The average molecular weight is 384 g/mol. The molecule has 0 radical (unpaired) electrons. The molecule has 0 aliphatic rings. The average Bonchev–Trinajstić information content (AvgIpc) is 3.03. The van der Waals surface area contributed by atoms with Crippen LogP contribution in [0.15, 0.2) is 28.6 Å². The summed E-state index contributed by atoms with van der Waals surface area (Å²) in [7, 11) is -3.83. The maximum Gasteiger partial charge on any atom is 0.270 e. The minimum Gasteiger partial charge on any atom is -0.492 e. The van der Waals surface area contributed by atoms with Crippen molar-refractivity contribution in [1.82, 2.24) is 14.9 Å². The molecule has 0 aliphatic heterocycles. The van der Waals surface area contributed by atoms with E-state index >= 15 is 0 Å². The third kappa shape index (κ3) is 5.48. The molecule has 0 spiro atoms. The van der Waals surface area contributed by atoms with Gasteiger partial charge in [0, 0.05) is 6.42 Å². The van der Waals surface area contributed by atoms with Gasteiger partial charge < -0.3 is 10.1 Å². The summed E-state index contributed by atoms with van der Waals surface area (Å²) in [6.07, 6.45) is 0.271. The van der Waals surface area contributed by atoms with Crippen molar-refractivity contribution in [2.24, 2.45) is 0 Å². The molecule has 0 bridgehead atoms. The van der Waals surface area contributed by atoms with Crippen LogP contribution >= 0.6 is 11.3 Å². The number of carbonyl (C=O) groups excluding carboxylic acids is 1. The van der Waals surface area contributed by atoms with E-state index in [1.165, 1.54) is 0 Å². The number of amides is 1. The quantitative estimate of drug-likeness (QED) is 0.673. The van der Waals surface area contributed by atoms with Gasteiger partial charge in [-0.3, -0.25) is 4.79 Å². The normalized spacial score (nSPS) is 12.6. The van der Waals surface area contributed by atoms with Crippen LogP contribution in [0.25, 0.3) is 0 Å². The molecule has 1 aromatic heterocycles. The van der Waals surface area contributed by atoms with Gasteiger partial charge in [0.05, 0.1) is 6.04 Å². The molecule has 0 fully saturated rings. The SMILES string of the molecule is CCC(=O)Nc1nnc(S(=O)(=O)N[C@H](C)COc2ccccc2C)s1. The molecule has 10 heteroatoms. The summed E-state index contributed by atoms with van der Waals surface area (Å²) in [4.78, 5) is 11.3. The summed E-state index contributed by atoms with van der Waals surface area (Å²) in [5.74, 6) is 0.446. The lowest BCUT2D eigenvalue weighted by Crippen LogP contribution is -2.36. The highest BCUT2D eigenvalue weighted by atomic mass is 32.2. The number of sulfonamides is 1. The molecule has 0 aliphatic carbocycles. The Bertz CT molecular complexity index is 836. The van der Waals surface area contributed by atoms with Gasteiger partial charge >= 0.3 is 0 Å². The molecule has 1 heterocycles. The molecule has 0 saturated heterocycles. The maximum absolute atomic E-state index is 12.3. The minimum absolute atomic E-state index is 0.149. The van der Waals surface area contributed by atoms with E-state index in [1.807, 2.05) is 31.2 Å². The van der Waals surface area contributed by atoms with Crippen LogP contribution in [-0.4, -0.2) is 37.2 Å². The lowest BCUT2D eigenvalue weighted by atomic mass is 10.2. The van der Waals surface area contributed by atoms with E-state index in [9.17, 15) is 13.2 Å². The van der Waals surface area contributed by atoms with Crippen molar-refractivity contribution in [2.45, 2.75) is 37.6 Å². The van der Waals surface area contributed by atoms with E-state index in [0.717, 1.165) is 16.9 Å². The second-order valence-electron chi connectivity index (χ2n) is 5.37. The molecule has 0 unspecified atom stereocenters. The number of aromatic nitrogens is 2. The molecule has 2 aromatic rings. The molecule has 1 amide bonds. The number of anilines is 1. The van der Waals surface area contributed by atoms with E-state index in [4.69, 9.17) is 4.74 Å². The highest BCUT2D eigenvalue weighted by Gasteiger charge is 2.23. The molecule has 136 valence electrons. The number of hydrogen-bond donors (Lipinski definition) is 2. The zero-order valence-corrected chi connectivity index (χ0v) is 15.8. The molecule has 1 aromatic carbocycles. The molecular weight excluding hydrogens is 364 g/mol. The number of para-hydroxylation sites is 1. The number of aryl methyl sites for hydroxylation is 1. The summed E-state index contributed by atoms with van der Waals surface area (Å²) in [5, 5.41) is 9.92. The maximum atomic E-state index is 12.3. The zero-order valence-electron chi connectivity index (χ0n) is 14.1. The first-order valence-corrected chi connectivity index (χ1v) is 9.96. The summed E-state index contributed by atoms with van der Waals surface area (Å²) in [6.45, 7) is 5.46. The summed E-state index contributed by atoms with van der Waals surface area (Å²) in [5.41, 5.74) is 0.970. The van der Waals surface area contributed by atoms with Gasteiger partial charge in [0.1, 0.15) is 12.4 Å². The van der Waals surface area contributed by atoms with Crippen molar-refractivity contribution >= 4 is 32.4 Å². The van der Waals surface area contributed by atoms with Gasteiger partial charge in [0.25, 0.3) is 10.0 Å². The van der Waals surface area contributed by atoms with Crippen molar-refractivity contribution in [3.8, 4) is 5.75 Å². The number of rotatable bonds is 8. The number of nitrogens with one attached hydrogen (secondary N) is 2. The van der Waals surface area contributed by atoms with Crippen LogP contribution < -0.4 is 14.8 Å². The fraction of sp³-hybridized carbons (Fsp3) is 0.400. The van der Waals surface area contributed by atoms with Crippen molar-refractivity contribution < 1.29 is 17.9 Å². The summed E-state index contributed by atoms with van der Waals surface area (Å²) >= 11 is 0.797. The van der Waals surface area contributed by atoms with Crippen LogP contribution in [0.5, 0.6) is 5.75 Å². The molecule has 0 saturated carbocycles. The molecule has 25 heavy (non-hydrogen) atoms. The van der Waals surface area contributed by atoms with Crippen molar-refractivity contribution in [3.63, 3.8) is 0 Å². The van der Waals surface area contributed by atoms with Crippen LogP contribution in [0, 0.1) is 6.92 Å². The second-order valence-corrected chi connectivity index (χ2v) is 8.24. The largest absolute Gasteiger partial charge is 0.492 e. The summed E-state index contributed by atoms with van der Waals surface area (Å²) in [6, 6.07) is 7.02. The van der Waals surface area contributed by atoms with Gasteiger partial charge in [0.15, 0.2) is 0 Å². The predicted octanol–water partition coefficient (Wildman–Crippen LogP) is 1.94. The van der Waals surface area contributed by atoms with Crippen LogP contribution in [0.3, 0.4) is 0 Å². The van der Waals surface area contributed by atoms with E-state index < -0.39 is 16.1 Å². The van der Waals surface area contributed by atoms with Crippen molar-refractivity contribution in [3.05, 3.63) is 29.8 Å². The Morgan fingerprint density at radius 3 is 2.72 bits per heavy atom. The Balaban J connectivity index is 1.96. The highest BCUT2D eigenvalue weighted by molar-refractivity contribution is 7.91. The molecule has 2 N–H and O–H groups in total. The smallest absolute Gasteiger partial charge is 0.270 e. The van der Waals surface area contributed by atoms with Crippen molar-refractivity contribution in [2.75, 3.05) is 11.9 Å². The first-order chi connectivity index (χ1) is 11.8. The number of ether oxygens (including phenoxy) is 1. The Morgan fingerprint density at radius 1 is 1.32 bits per heavy atom. The lowest BCUT2D eigenvalue weighted by molar-refractivity contribution is -0.115. The fourth-order valence-electron chi connectivity index (χ4n) is 1.86. The number of nitrogens with zero attached hydrogens (tertiary/aromatic N) is 2. The van der Waals surface area contributed by atoms with Crippen LogP contribution in [0.1, 0.15) is 25.8 Å².